The van der Waals surface area contributed by atoms with Crippen LogP contribution in [0, 0.1) is 5.95 Å². The van der Waals surface area contributed by atoms with Crippen molar-refractivity contribution in [3.63, 3.8) is 0 Å². The molecule has 1 fully saturated rings. The smallest absolute Gasteiger partial charge is 0.212 e. The van der Waals surface area contributed by atoms with Crippen molar-refractivity contribution in [2.45, 2.75) is 38.3 Å². The largest absolute Gasteiger partial charge is 0.294 e. The number of hydrogen-bond acceptors (Lipinski definition) is 4. The fraction of sp³-hybridized carbons (Fsp3) is 0.438. The third kappa shape index (κ3) is 2.78. The van der Waals surface area contributed by atoms with E-state index in [1.807, 2.05) is 6.20 Å². The second-order valence-corrected chi connectivity index (χ2v) is 5.92. The van der Waals surface area contributed by atoms with Crippen molar-refractivity contribution in [1.29, 1.82) is 0 Å². The highest BCUT2D eigenvalue weighted by Crippen LogP contribution is 2.38. The second kappa shape index (κ2) is 5.15. The molecule has 0 saturated heterocycles. The van der Waals surface area contributed by atoms with Gasteiger partial charge < -0.3 is 0 Å². The van der Waals surface area contributed by atoms with E-state index in [1.165, 1.54) is 30.2 Å². The van der Waals surface area contributed by atoms with Gasteiger partial charge in [-0.3, -0.25) is 4.90 Å². The van der Waals surface area contributed by atoms with E-state index < -0.39 is 5.95 Å². The minimum Gasteiger partial charge on any atom is -0.294 e. The van der Waals surface area contributed by atoms with Gasteiger partial charge >= 0.3 is 0 Å². The van der Waals surface area contributed by atoms with Gasteiger partial charge in [-0.2, -0.15) is 4.39 Å². The van der Waals surface area contributed by atoms with E-state index in [-0.39, 0.29) is 0 Å². The monoisotopic (exact) mass is 284 g/mol. The average molecular weight is 284 g/mol. The maximum absolute atomic E-state index is 12.8. The minimum absolute atomic E-state index is 0.427. The Bertz CT molecular complexity index is 652. The zero-order valence-corrected chi connectivity index (χ0v) is 11.8. The molecule has 0 spiro atoms. The van der Waals surface area contributed by atoms with E-state index in [0.717, 1.165) is 37.4 Å². The summed E-state index contributed by atoms with van der Waals surface area (Å²) in [6, 6.07) is 3.21. The van der Waals surface area contributed by atoms with Crippen LogP contribution >= 0.6 is 0 Å². The van der Waals surface area contributed by atoms with Crippen molar-refractivity contribution in [3.05, 3.63) is 53.1 Å². The lowest BCUT2D eigenvalue weighted by atomic mass is 10.1. The molecule has 4 rings (SSSR count). The quantitative estimate of drug-likeness (QED) is 0.812. The van der Waals surface area contributed by atoms with Crippen LogP contribution in [0.15, 0.2) is 24.5 Å². The Morgan fingerprint density at radius 2 is 2.10 bits per heavy atom. The first-order chi connectivity index (χ1) is 10.3. The van der Waals surface area contributed by atoms with Gasteiger partial charge in [0.2, 0.25) is 5.95 Å². The predicted molar refractivity (Wildman–Crippen MR) is 76.0 cm³/mol. The third-order valence-corrected chi connectivity index (χ3v) is 4.17. The first kappa shape index (κ1) is 12.8. The van der Waals surface area contributed by atoms with Gasteiger partial charge in [-0.25, -0.2) is 15.0 Å². The number of hydrogen-bond donors (Lipinski definition) is 0. The summed E-state index contributed by atoms with van der Waals surface area (Å²) in [5.41, 5.74) is 3.47. The van der Waals surface area contributed by atoms with E-state index in [1.54, 1.807) is 12.3 Å². The molecular formula is C16H17FN4. The SMILES string of the molecule is Fc1ccc(CN2CCc3nc(C4CC4)ncc3C2)cn1. The summed E-state index contributed by atoms with van der Waals surface area (Å²) in [5, 5.41) is 0. The fourth-order valence-electron chi connectivity index (χ4n) is 2.82. The van der Waals surface area contributed by atoms with E-state index in [2.05, 4.69) is 14.9 Å². The molecule has 0 unspecified atom stereocenters. The van der Waals surface area contributed by atoms with E-state index in [9.17, 15) is 4.39 Å². The van der Waals surface area contributed by atoms with Gasteiger partial charge in [0.25, 0.3) is 0 Å². The average Bonchev–Trinajstić information content (AvgIpc) is 3.34. The highest BCUT2D eigenvalue weighted by Gasteiger charge is 2.28. The molecular weight excluding hydrogens is 267 g/mol. The molecule has 2 aliphatic rings. The first-order valence-corrected chi connectivity index (χ1v) is 7.45. The third-order valence-electron chi connectivity index (χ3n) is 4.17. The summed E-state index contributed by atoms with van der Waals surface area (Å²) in [6.07, 6.45) is 7.04. The Morgan fingerprint density at radius 1 is 1.19 bits per heavy atom. The van der Waals surface area contributed by atoms with Crippen LogP contribution in [0.2, 0.25) is 0 Å². The summed E-state index contributed by atoms with van der Waals surface area (Å²) >= 11 is 0. The molecule has 2 aromatic heterocycles. The number of rotatable bonds is 3. The normalized spacial score (nSPS) is 18.5. The molecule has 4 nitrogen and oxygen atoms in total. The lowest BCUT2D eigenvalue weighted by molar-refractivity contribution is 0.242. The number of fused-ring (bicyclic) bond motifs is 1. The van der Waals surface area contributed by atoms with Gasteiger partial charge in [-0.05, 0) is 24.5 Å². The van der Waals surface area contributed by atoms with Gasteiger partial charge in [0.05, 0.1) is 0 Å². The van der Waals surface area contributed by atoms with Crippen LogP contribution in [0.1, 0.15) is 41.4 Å². The topological polar surface area (TPSA) is 41.9 Å². The lowest BCUT2D eigenvalue weighted by Gasteiger charge is -2.28. The summed E-state index contributed by atoms with van der Waals surface area (Å²) < 4.78 is 12.8. The Morgan fingerprint density at radius 3 is 2.86 bits per heavy atom. The van der Waals surface area contributed by atoms with Gasteiger partial charge in [-0.1, -0.05) is 6.07 Å². The van der Waals surface area contributed by atoms with Crippen molar-refractivity contribution in [2.75, 3.05) is 6.54 Å². The summed E-state index contributed by atoms with van der Waals surface area (Å²) in [7, 11) is 0. The first-order valence-electron chi connectivity index (χ1n) is 7.45. The van der Waals surface area contributed by atoms with Gasteiger partial charge in [0.15, 0.2) is 0 Å². The number of aromatic nitrogens is 3. The van der Waals surface area contributed by atoms with Crippen LogP contribution in [0.25, 0.3) is 0 Å². The van der Waals surface area contributed by atoms with Crippen LogP contribution in [0.3, 0.4) is 0 Å². The molecule has 21 heavy (non-hydrogen) atoms. The van der Waals surface area contributed by atoms with Crippen LogP contribution in [0.4, 0.5) is 4.39 Å². The number of pyridine rings is 1. The molecule has 2 aromatic rings. The molecule has 1 saturated carbocycles. The molecule has 1 aliphatic heterocycles. The van der Waals surface area contributed by atoms with E-state index in [4.69, 9.17) is 4.98 Å². The van der Waals surface area contributed by atoms with Crippen molar-refractivity contribution in [2.24, 2.45) is 0 Å². The van der Waals surface area contributed by atoms with Crippen LogP contribution in [0.5, 0.6) is 0 Å². The van der Waals surface area contributed by atoms with Crippen molar-refractivity contribution >= 4 is 0 Å². The number of halogens is 1. The maximum atomic E-state index is 12.8. The van der Waals surface area contributed by atoms with Crippen molar-refractivity contribution < 1.29 is 4.39 Å². The van der Waals surface area contributed by atoms with E-state index >= 15 is 0 Å². The van der Waals surface area contributed by atoms with Crippen LogP contribution in [-0.2, 0) is 19.5 Å². The molecule has 0 bridgehead atoms. The Kier molecular flexibility index (Phi) is 3.15. The minimum atomic E-state index is -0.427. The maximum Gasteiger partial charge on any atom is 0.212 e. The van der Waals surface area contributed by atoms with Gasteiger partial charge in [0, 0.05) is 55.6 Å². The fourth-order valence-corrected chi connectivity index (χ4v) is 2.82. The molecule has 5 heteroatoms. The van der Waals surface area contributed by atoms with Gasteiger partial charge in [-0.15, -0.1) is 0 Å². The van der Waals surface area contributed by atoms with Crippen molar-refractivity contribution in [1.82, 2.24) is 19.9 Å². The Labute approximate surface area is 123 Å². The van der Waals surface area contributed by atoms with Crippen molar-refractivity contribution in [3.8, 4) is 0 Å². The van der Waals surface area contributed by atoms with Crippen LogP contribution < -0.4 is 0 Å². The predicted octanol–water partition coefficient (Wildman–Crippen LogP) is 2.45. The number of nitrogens with zero attached hydrogens (tertiary/aromatic N) is 4. The zero-order chi connectivity index (χ0) is 14.2. The van der Waals surface area contributed by atoms with Crippen LogP contribution in [-0.4, -0.2) is 26.4 Å². The Balaban J connectivity index is 1.47. The molecule has 0 amide bonds. The molecule has 1 aliphatic carbocycles. The second-order valence-electron chi connectivity index (χ2n) is 5.92. The zero-order valence-electron chi connectivity index (χ0n) is 11.8. The molecule has 0 N–H and O–H groups in total. The highest BCUT2D eigenvalue weighted by atomic mass is 19.1. The summed E-state index contributed by atoms with van der Waals surface area (Å²) in [5.74, 6) is 1.22. The van der Waals surface area contributed by atoms with E-state index in [0.29, 0.717) is 5.92 Å². The molecule has 0 radical (unpaired) electrons. The summed E-state index contributed by atoms with van der Waals surface area (Å²) in [4.78, 5) is 15.3. The Hall–Kier alpha value is -1.88. The molecule has 108 valence electrons. The van der Waals surface area contributed by atoms with Gasteiger partial charge in [0.1, 0.15) is 5.82 Å². The highest BCUT2D eigenvalue weighted by molar-refractivity contribution is 5.23. The lowest BCUT2D eigenvalue weighted by Crippen LogP contribution is -2.31. The molecule has 3 heterocycles. The molecule has 0 aromatic carbocycles. The standard InChI is InChI=1S/C16H17FN4/c17-15-4-1-11(7-18-15)9-21-6-5-14-13(10-21)8-19-16(20-14)12-2-3-12/h1,4,7-8,12H,2-3,5-6,9-10H2. The summed E-state index contributed by atoms with van der Waals surface area (Å²) in [6.45, 7) is 2.63. The molecule has 0 atom stereocenters.